The number of nitro groups is 1. The molecule has 6 nitrogen and oxygen atoms in total. The second-order valence-corrected chi connectivity index (χ2v) is 7.13. The van der Waals surface area contributed by atoms with Crippen LogP contribution in [0.4, 0.5) is 11.4 Å². The number of sulfonamides is 1. The SMILES string of the molecule is CN(c1ccc(-c2cccs2)cc1[N+](=O)[O-])S(C)(=O)=O. The van der Waals surface area contributed by atoms with Crippen LogP contribution in [0.3, 0.4) is 0 Å². The fourth-order valence-electron chi connectivity index (χ4n) is 1.71. The van der Waals surface area contributed by atoms with Crippen molar-refractivity contribution in [2.24, 2.45) is 0 Å². The maximum absolute atomic E-state index is 11.5. The lowest BCUT2D eigenvalue weighted by molar-refractivity contribution is -0.384. The summed E-state index contributed by atoms with van der Waals surface area (Å²) in [5.41, 5.74) is 0.513. The Morgan fingerprint density at radius 1 is 1.30 bits per heavy atom. The molecule has 0 N–H and O–H groups in total. The number of benzene rings is 1. The molecule has 0 aliphatic rings. The Morgan fingerprint density at radius 3 is 2.50 bits per heavy atom. The molecule has 0 atom stereocenters. The largest absolute Gasteiger partial charge is 0.294 e. The van der Waals surface area contributed by atoms with Gasteiger partial charge in [-0.15, -0.1) is 11.3 Å². The fourth-order valence-corrected chi connectivity index (χ4v) is 2.95. The van der Waals surface area contributed by atoms with Gasteiger partial charge in [-0.05, 0) is 23.1 Å². The number of hydrogen-bond acceptors (Lipinski definition) is 5. The van der Waals surface area contributed by atoms with E-state index in [1.165, 1.54) is 30.5 Å². The molecule has 0 saturated carbocycles. The minimum absolute atomic E-state index is 0.0535. The van der Waals surface area contributed by atoms with Crippen LogP contribution in [0.1, 0.15) is 0 Å². The summed E-state index contributed by atoms with van der Waals surface area (Å²) in [6.45, 7) is 0. The molecule has 2 aromatic rings. The number of nitrogens with zero attached hydrogens (tertiary/aromatic N) is 2. The summed E-state index contributed by atoms with van der Waals surface area (Å²) >= 11 is 1.46. The first-order chi connectivity index (χ1) is 9.30. The number of rotatable bonds is 4. The highest BCUT2D eigenvalue weighted by atomic mass is 32.2. The minimum atomic E-state index is -3.55. The molecular weight excluding hydrogens is 300 g/mol. The fraction of sp³-hybridized carbons (Fsp3) is 0.167. The average molecular weight is 312 g/mol. The maximum atomic E-state index is 11.5. The first-order valence-corrected chi connectivity index (χ1v) is 8.29. The van der Waals surface area contributed by atoms with Crippen LogP contribution in [-0.4, -0.2) is 26.6 Å². The van der Waals surface area contributed by atoms with Crippen molar-refractivity contribution in [3.05, 3.63) is 45.8 Å². The van der Waals surface area contributed by atoms with Crippen LogP contribution in [0.5, 0.6) is 0 Å². The molecule has 0 bridgehead atoms. The van der Waals surface area contributed by atoms with Crippen LogP contribution in [0.25, 0.3) is 10.4 Å². The third kappa shape index (κ3) is 2.81. The van der Waals surface area contributed by atoms with Crippen molar-refractivity contribution in [1.29, 1.82) is 0 Å². The van der Waals surface area contributed by atoms with Gasteiger partial charge >= 0.3 is 0 Å². The molecule has 1 heterocycles. The maximum Gasteiger partial charge on any atom is 0.294 e. The number of thiophene rings is 1. The third-order valence-electron chi connectivity index (χ3n) is 2.81. The zero-order valence-electron chi connectivity index (χ0n) is 10.8. The van der Waals surface area contributed by atoms with Crippen LogP contribution in [0, 0.1) is 10.1 Å². The molecule has 0 aliphatic carbocycles. The van der Waals surface area contributed by atoms with E-state index >= 15 is 0 Å². The molecule has 0 unspecified atom stereocenters. The Morgan fingerprint density at radius 2 is 2.00 bits per heavy atom. The van der Waals surface area contributed by atoms with E-state index in [4.69, 9.17) is 0 Å². The molecular formula is C12H12N2O4S2. The van der Waals surface area contributed by atoms with Gasteiger partial charge in [0.15, 0.2) is 0 Å². The van der Waals surface area contributed by atoms with Gasteiger partial charge in [0.25, 0.3) is 5.69 Å². The van der Waals surface area contributed by atoms with Crippen molar-refractivity contribution in [2.75, 3.05) is 17.6 Å². The summed E-state index contributed by atoms with van der Waals surface area (Å²) in [5.74, 6) is 0. The average Bonchev–Trinajstić information content (AvgIpc) is 2.89. The first-order valence-electron chi connectivity index (χ1n) is 5.57. The van der Waals surface area contributed by atoms with E-state index in [1.54, 1.807) is 6.07 Å². The summed E-state index contributed by atoms with van der Waals surface area (Å²) in [7, 11) is -2.25. The van der Waals surface area contributed by atoms with E-state index in [2.05, 4.69) is 0 Å². The van der Waals surface area contributed by atoms with E-state index in [9.17, 15) is 18.5 Å². The third-order valence-corrected chi connectivity index (χ3v) is 4.93. The lowest BCUT2D eigenvalue weighted by Gasteiger charge is -2.16. The number of anilines is 1. The van der Waals surface area contributed by atoms with Crippen LogP contribution in [-0.2, 0) is 10.0 Å². The number of nitro benzene ring substituents is 1. The standard InChI is InChI=1S/C12H12N2O4S2/c1-13(20(2,17)18)10-6-5-9(8-11(10)14(15)16)12-4-3-7-19-12/h3-8H,1-2H3. The van der Waals surface area contributed by atoms with Crippen molar-refractivity contribution in [1.82, 2.24) is 0 Å². The van der Waals surface area contributed by atoms with Gasteiger partial charge < -0.3 is 0 Å². The lowest BCUT2D eigenvalue weighted by atomic mass is 10.1. The monoisotopic (exact) mass is 312 g/mol. The van der Waals surface area contributed by atoms with Crippen molar-refractivity contribution in [3.63, 3.8) is 0 Å². The molecule has 8 heteroatoms. The smallest absolute Gasteiger partial charge is 0.267 e. The van der Waals surface area contributed by atoms with E-state index in [-0.39, 0.29) is 11.4 Å². The van der Waals surface area contributed by atoms with Crippen LogP contribution >= 0.6 is 11.3 Å². The van der Waals surface area contributed by atoms with Gasteiger partial charge in [-0.2, -0.15) is 0 Å². The Hall–Kier alpha value is -1.93. The van der Waals surface area contributed by atoms with Gasteiger partial charge in [-0.1, -0.05) is 12.1 Å². The van der Waals surface area contributed by atoms with Crippen LogP contribution in [0.2, 0.25) is 0 Å². The van der Waals surface area contributed by atoms with Crippen LogP contribution < -0.4 is 4.31 Å². The van der Waals surface area contributed by atoms with Crippen LogP contribution in [0.15, 0.2) is 35.7 Å². The molecule has 0 aliphatic heterocycles. The highest BCUT2D eigenvalue weighted by Gasteiger charge is 2.23. The van der Waals surface area contributed by atoms with E-state index in [0.717, 1.165) is 15.4 Å². The van der Waals surface area contributed by atoms with Gasteiger partial charge in [0.05, 0.1) is 11.2 Å². The van der Waals surface area contributed by atoms with E-state index in [1.807, 2.05) is 17.5 Å². The summed E-state index contributed by atoms with van der Waals surface area (Å²) in [5, 5.41) is 13.0. The molecule has 2 rings (SSSR count). The predicted octanol–water partition coefficient (Wildman–Crippen LogP) is 2.72. The second kappa shape index (κ2) is 5.22. The molecule has 1 aromatic carbocycles. The lowest BCUT2D eigenvalue weighted by Crippen LogP contribution is -2.25. The van der Waals surface area contributed by atoms with E-state index in [0.29, 0.717) is 5.56 Å². The molecule has 106 valence electrons. The summed E-state index contributed by atoms with van der Waals surface area (Å²) in [4.78, 5) is 11.5. The molecule has 0 fully saturated rings. The van der Waals surface area contributed by atoms with Crippen molar-refractivity contribution < 1.29 is 13.3 Å². The van der Waals surface area contributed by atoms with Crippen molar-refractivity contribution >= 4 is 32.7 Å². The zero-order chi connectivity index (χ0) is 14.9. The highest BCUT2D eigenvalue weighted by molar-refractivity contribution is 7.92. The Balaban J connectivity index is 2.58. The van der Waals surface area contributed by atoms with Crippen molar-refractivity contribution in [2.45, 2.75) is 0 Å². The van der Waals surface area contributed by atoms with Gasteiger partial charge in [0.2, 0.25) is 10.0 Å². The molecule has 0 saturated heterocycles. The minimum Gasteiger partial charge on any atom is -0.267 e. The van der Waals surface area contributed by atoms with Gasteiger partial charge in [0, 0.05) is 18.0 Å². The summed E-state index contributed by atoms with van der Waals surface area (Å²) in [6.07, 6.45) is 1.00. The van der Waals surface area contributed by atoms with Crippen molar-refractivity contribution in [3.8, 4) is 10.4 Å². The quantitative estimate of drug-likeness (QED) is 0.642. The summed E-state index contributed by atoms with van der Waals surface area (Å²) < 4.78 is 24.0. The Bertz CT molecular complexity index is 739. The van der Waals surface area contributed by atoms with E-state index < -0.39 is 14.9 Å². The van der Waals surface area contributed by atoms with Gasteiger partial charge in [-0.3, -0.25) is 14.4 Å². The molecule has 0 amide bonds. The summed E-state index contributed by atoms with van der Waals surface area (Å²) in [6, 6.07) is 8.22. The second-order valence-electron chi connectivity index (χ2n) is 4.17. The number of hydrogen-bond donors (Lipinski definition) is 0. The van der Waals surface area contributed by atoms with Gasteiger partial charge in [0.1, 0.15) is 5.69 Å². The normalized spacial score (nSPS) is 11.3. The Kier molecular flexibility index (Phi) is 3.78. The predicted molar refractivity (Wildman–Crippen MR) is 79.7 cm³/mol. The molecule has 1 aromatic heterocycles. The topological polar surface area (TPSA) is 80.5 Å². The molecule has 0 spiro atoms. The zero-order valence-corrected chi connectivity index (χ0v) is 12.4. The first kappa shape index (κ1) is 14.5. The highest BCUT2D eigenvalue weighted by Crippen LogP contribution is 2.34. The molecule has 0 radical (unpaired) electrons. The molecule has 20 heavy (non-hydrogen) atoms. The Labute approximate surface area is 120 Å². The van der Waals surface area contributed by atoms with Gasteiger partial charge in [-0.25, -0.2) is 8.42 Å².